The van der Waals surface area contributed by atoms with E-state index in [1.165, 1.54) is 36.4 Å². The molecular weight excluding hydrogens is 330 g/mol. The molecule has 25 heavy (non-hydrogen) atoms. The molecule has 1 heterocycles. The van der Waals surface area contributed by atoms with E-state index in [-0.39, 0.29) is 17.1 Å². The average Bonchev–Trinajstić information content (AvgIpc) is 2.62. The van der Waals surface area contributed by atoms with E-state index in [1.54, 1.807) is 6.07 Å². The SMILES string of the molecule is O=CN(C(=O)Nc1cccc([N+](=O)[O-])c1)c1ccc2c(c1)OCCO2. The van der Waals surface area contributed by atoms with Crippen LogP contribution < -0.4 is 19.7 Å². The van der Waals surface area contributed by atoms with Crippen LogP contribution in [0.15, 0.2) is 42.5 Å². The summed E-state index contributed by atoms with van der Waals surface area (Å²) in [7, 11) is 0. The van der Waals surface area contributed by atoms with Gasteiger partial charge in [-0.1, -0.05) is 6.07 Å². The molecule has 0 atom stereocenters. The molecule has 1 aliphatic rings. The second kappa shape index (κ2) is 6.87. The summed E-state index contributed by atoms with van der Waals surface area (Å²) in [5.41, 5.74) is 0.306. The first-order chi connectivity index (χ1) is 12.1. The Morgan fingerprint density at radius 3 is 2.64 bits per heavy atom. The van der Waals surface area contributed by atoms with Gasteiger partial charge in [0.15, 0.2) is 11.5 Å². The number of nitrogens with zero attached hydrogens (tertiary/aromatic N) is 2. The number of carbonyl (C=O) groups is 2. The highest BCUT2D eigenvalue weighted by Gasteiger charge is 2.19. The number of nitro benzene ring substituents is 1. The van der Waals surface area contributed by atoms with Gasteiger partial charge in [0, 0.05) is 23.9 Å². The van der Waals surface area contributed by atoms with Gasteiger partial charge in [-0.25, -0.2) is 9.69 Å². The molecule has 3 rings (SSSR count). The molecule has 0 saturated heterocycles. The number of rotatable bonds is 4. The minimum absolute atomic E-state index is 0.171. The summed E-state index contributed by atoms with van der Waals surface area (Å²) < 4.78 is 10.8. The van der Waals surface area contributed by atoms with Crippen molar-refractivity contribution >= 4 is 29.5 Å². The number of non-ortho nitro benzene ring substituents is 1. The van der Waals surface area contributed by atoms with Crippen molar-refractivity contribution in [3.8, 4) is 11.5 Å². The minimum Gasteiger partial charge on any atom is -0.486 e. The zero-order chi connectivity index (χ0) is 17.8. The first kappa shape index (κ1) is 16.2. The number of hydrogen-bond donors (Lipinski definition) is 1. The van der Waals surface area contributed by atoms with Gasteiger partial charge in [-0.3, -0.25) is 14.9 Å². The average molecular weight is 343 g/mol. The van der Waals surface area contributed by atoms with E-state index < -0.39 is 11.0 Å². The smallest absolute Gasteiger partial charge is 0.332 e. The summed E-state index contributed by atoms with van der Waals surface area (Å²) in [4.78, 5) is 34.7. The predicted molar refractivity (Wildman–Crippen MR) is 88.1 cm³/mol. The van der Waals surface area contributed by atoms with E-state index in [2.05, 4.69) is 5.32 Å². The van der Waals surface area contributed by atoms with E-state index in [1.807, 2.05) is 0 Å². The van der Waals surface area contributed by atoms with Crippen molar-refractivity contribution in [2.45, 2.75) is 0 Å². The minimum atomic E-state index is -0.757. The Morgan fingerprint density at radius 1 is 1.16 bits per heavy atom. The third-order valence-electron chi connectivity index (χ3n) is 3.44. The van der Waals surface area contributed by atoms with Gasteiger partial charge in [0.25, 0.3) is 5.69 Å². The van der Waals surface area contributed by atoms with Crippen LogP contribution in [0.4, 0.5) is 21.9 Å². The predicted octanol–water partition coefficient (Wildman–Crippen LogP) is 2.56. The topological polar surface area (TPSA) is 111 Å². The molecule has 0 spiro atoms. The first-order valence-electron chi connectivity index (χ1n) is 7.28. The molecule has 2 aromatic carbocycles. The van der Waals surface area contributed by atoms with Gasteiger partial charge in [0.05, 0.1) is 10.6 Å². The molecule has 128 valence electrons. The Labute approximate surface area is 141 Å². The number of imide groups is 1. The van der Waals surface area contributed by atoms with Crippen LogP contribution in [0.25, 0.3) is 0 Å². The Morgan fingerprint density at radius 2 is 1.92 bits per heavy atom. The summed E-state index contributed by atoms with van der Waals surface area (Å²) in [5, 5.41) is 13.2. The van der Waals surface area contributed by atoms with E-state index >= 15 is 0 Å². The number of fused-ring (bicyclic) bond motifs is 1. The Hall–Kier alpha value is -3.62. The van der Waals surface area contributed by atoms with Crippen molar-refractivity contribution in [2.75, 3.05) is 23.4 Å². The van der Waals surface area contributed by atoms with Crippen molar-refractivity contribution in [2.24, 2.45) is 0 Å². The molecule has 0 aromatic heterocycles. The lowest BCUT2D eigenvalue weighted by Crippen LogP contribution is -2.33. The van der Waals surface area contributed by atoms with Crippen molar-refractivity contribution in [1.82, 2.24) is 0 Å². The highest BCUT2D eigenvalue weighted by molar-refractivity contribution is 6.12. The third-order valence-corrected chi connectivity index (χ3v) is 3.44. The number of carbonyl (C=O) groups excluding carboxylic acids is 2. The second-order valence-corrected chi connectivity index (χ2v) is 5.04. The fourth-order valence-electron chi connectivity index (χ4n) is 2.29. The van der Waals surface area contributed by atoms with E-state index in [4.69, 9.17) is 9.47 Å². The number of benzene rings is 2. The van der Waals surface area contributed by atoms with Crippen LogP contribution >= 0.6 is 0 Å². The lowest BCUT2D eigenvalue weighted by Gasteiger charge is -2.21. The second-order valence-electron chi connectivity index (χ2n) is 5.04. The van der Waals surface area contributed by atoms with Crippen LogP contribution in [0.1, 0.15) is 0 Å². The zero-order valence-electron chi connectivity index (χ0n) is 12.9. The molecule has 1 N–H and O–H groups in total. The number of hydrogen-bond acceptors (Lipinski definition) is 6. The summed E-state index contributed by atoms with van der Waals surface area (Å²) in [5.74, 6) is 0.957. The van der Waals surface area contributed by atoms with Gasteiger partial charge in [0.2, 0.25) is 6.41 Å². The van der Waals surface area contributed by atoms with Gasteiger partial charge >= 0.3 is 6.03 Å². The summed E-state index contributed by atoms with van der Waals surface area (Å²) in [6.45, 7) is 0.800. The number of anilines is 2. The highest BCUT2D eigenvalue weighted by atomic mass is 16.6. The lowest BCUT2D eigenvalue weighted by atomic mass is 10.2. The molecule has 0 fully saturated rings. The van der Waals surface area contributed by atoms with Gasteiger partial charge < -0.3 is 14.8 Å². The molecule has 0 radical (unpaired) electrons. The van der Waals surface area contributed by atoms with Gasteiger partial charge in [-0.15, -0.1) is 0 Å². The molecule has 2 aromatic rings. The van der Waals surface area contributed by atoms with E-state index in [9.17, 15) is 19.7 Å². The van der Waals surface area contributed by atoms with E-state index in [0.717, 1.165) is 4.90 Å². The van der Waals surface area contributed by atoms with Gasteiger partial charge in [-0.2, -0.15) is 0 Å². The molecule has 9 heteroatoms. The zero-order valence-corrected chi connectivity index (χ0v) is 12.9. The van der Waals surface area contributed by atoms with Crippen molar-refractivity contribution in [3.05, 3.63) is 52.6 Å². The monoisotopic (exact) mass is 343 g/mol. The van der Waals surface area contributed by atoms with Crippen molar-refractivity contribution < 1.29 is 24.0 Å². The fourth-order valence-corrected chi connectivity index (χ4v) is 2.29. The molecule has 9 nitrogen and oxygen atoms in total. The normalized spacial score (nSPS) is 12.2. The Bertz CT molecular complexity index is 838. The van der Waals surface area contributed by atoms with Crippen LogP contribution in [0, 0.1) is 10.1 Å². The number of nitrogens with one attached hydrogen (secondary N) is 1. The van der Waals surface area contributed by atoms with Crippen LogP contribution in [0.3, 0.4) is 0 Å². The quantitative estimate of drug-likeness (QED) is 0.519. The summed E-state index contributed by atoms with van der Waals surface area (Å²) in [6, 6.07) is 9.30. The Balaban J connectivity index is 1.81. The molecule has 3 amide bonds. The number of nitro groups is 1. The maximum atomic E-state index is 12.3. The van der Waals surface area contributed by atoms with E-state index in [0.29, 0.717) is 31.1 Å². The number of ether oxygens (including phenoxy) is 2. The number of urea groups is 1. The third kappa shape index (κ3) is 3.50. The van der Waals surface area contributed by atoms with Gasteiger partial charge in [0.1, 0.15) is 13.2 Å². The van der Waals surface area contributed by atoms with Crippen LogP contribution in [0.2, 0.25) is 0 Å². The number of amides is 3. The summed E-state index contributed by atoms with van der Waals surface area (Å²) >= 11 is 0. The highest BCUT2D eigenvalue weighted by Crippen LogP contribution is 2.34. The molecule has 0 bridgehead atoms. The first-order valence-corrected chi connectivity index (χ1v) is 7.28. The van der Waals surface area contributed by atoms with Crippen molar-refractivity contribution in [3.63, 3.8) is 0 Å². The molecule has 0 aliphatic carbocycles. The molecule has 0 unspecified atom stereocenters. The van der Waals surface area contributed by atoms with Crippen molar-refractivity contribution in [1.29, 1.82) is 0 Å². The van der Waals surface area contributed by atoms with Gasteiger partial charge in [-0.05, 0) is 18.2 Å². The van der Waals surface area contributed by atoms with Crippen LogP contribution in [0.5, 0.6) is 11.5 Å². The molecule has 0 saturated carbocycles. The fraction of sp³-hybridized carbons (Fsp3) is 0.125. The molecule has 1 aliphatic heterocycles. The standard InChI is InChI=1S/C16H13N3O6/c20-10-18(12-4-5-14-15(9-12)25-7-6-24-14)16(21)17-11-2-1-3-13(8-11)19(22)23/h1-5,8-10H,6-7H2,(H,17,21). The largest absolute Gasteiger partial charge is 0.486 e. The van der Waals surface area contributed by atoms with Crippen LogP contribution in [-0.4, -0.2) is 30.6 Å². The van der Waals surface area contributed by atoms with Crippen LogP contribution in [-0.2, 0) is 4.79 Å². The molecular formula is C16H13N3O6. The summed E-state index contributed by atoms with van der Waals surface area (Å²) in [6.07, 6.45) is 0.345. The maximum Gasteiger partial charge on any atom is 0.332 e. The lowest BCUT2D eigenvalue weighted by molar-refractivity contribution is -0.384. The maximum absolute atomic E-state index is 12.3. The Kier molecular flexibility index (Phi) is 4.46.